The minimum Gasteiger partial charge on any atom is -0.330 e. The fourth-order valence-corrected chi connectivity index (χ4v) is 6.10. The SMILES string of the molecule is CCCCCCC(c1ccccc1)C(NCCCCN=C(C(=NCCCCN)c1ccccc1)c1ccccc1)c1ccccc1. The molecule has 0 amide bonds. The molecule has 4 rings (SSSR count). The van der Waals surface area contributed by atoms with Gasteiger partial charge in [-0.05, 0) is 56.3 Å². The standard InChI is InChI=1S/C42H54N4/c1-2-3-4-17-30-39(35-22-9-5-10-23-35)40(36-24-11-6-12-25-36)44-33-20-21-34-46-42(38-28-15-8-16-29-38)41(45-32-19-18-31-43)37-26-13-7-14-27-37/h5-16,22-29,39-40,44H,2-4,17-21,30-34,43H2,1H3. The summed E-state index contributed by atoms with van der Waals surface area (Å²) < 4.78 is 0. The second kappa shape index (κ2) is 21.0. The summed E-state index contributed by atoms with van der Waals surface area (Å²) in [7, 11) is 0. The van der Waals surface area contributed by atoms with Crippen LogP contribution in [0.5, 0.6) is 0 Å². The van der Waals surface area contributed by atoms with E-state index < -0.39 is 0 Å². The number of rotatable bonds is 21. The molecule has 0 aromatic heterocycles. The normalized spacial score (nSPS) is 13.4. The maximum atomic E-state index is 5.77. The minimum atomic E-state index is 0.277. The molecule has 4 aromatic rings. The van der Waals surface area contributed by atoms with Crippen LogP contribution in [0.25, 0.3) is 0 Å². The molecule has 242 valence electrons. The van der Waals surface area contributed by atoms with E-state index in [0.29, 0.717) is 12.5 Å². The molecule has 2 unspecified atom stereocenters. The Bertz CT molecular complexity index is 1400. The van der Waals surface area contributed by atoms with Crippen LogP contribution in [0.2, 0.25) is 0 Å². The van der Waals surface area contributed by atoms with Gasteiger partial charge in [-0.1, -0.05) is 154 Å². The van der Waals surface area contributed by atoms with Crippen molar-refractivity contribution in [2.24, 2.45) is 15.7 Å². The second-order valence-corrected chi connectivity index (χ2v) is 12.1. The minimum absolute atomic E-state index is 0.277. The van der Waals surface area contributed by atoms with Crippen molar-refractivity contribution in [1.29, 1.82) is 0 Å². The van der Waals surface area contributed by atoms with Crippen LogP contribution >= 0.6 is 0 Å². The molecule has 3 N–H and O–H groups in total. The summed E-state index contributed by atoms with van der Waals surface area (Å²) in [5, 5.41) is 4.00. The molecule has 4 heteroatoms. The number of hydrogen-bond donors (Lipinski definition) is 2. The van der Waals surface area contributed by atoms with Crippen molar-refractivity contribution in [2.45, 2.75) is 76.7 Å². The van der Waals surface area contributed by atoms with Crippen molar-refractivity contribution in [1.82, 2.24) is 5.32 Å². The van der Waals surface area contributed by atoms with Gasteiger partial charge < -0.3 is 11.1 Å². The Morgan fingerprint density at radius 3 is 1.59 bits per heavy atom. The van der Waals surface area contributed by atoms with Crippen LogP contribution in [-0.4, -0.2) is 37.6 Å². The summed E-state index contributed by atoms with van der Waals surface area (Å²) in [4.78, 5) is 10.3. The number of nitrogens with two attached hydrogens (primary N) is 1. The summed E-state index contributed by atoms with van der Waals surface area (Å²) in [5.41, 5.74) is 12.7. The van der Waals surface area contributed by atoms with E-state index in [9.17, 15) is 0 Å². The van der Waals surface area contributed by atoms with E-state index in [1.807, 2.05) is 0 Å². The highest BCUT2D eigenvalue weighted by Crippen LogP contribution is 2.35. The van der Waals surface area contributed by atoms with Gasteiger partial charge in [0.15, 0.2) is 0 Å². The zero-order valence-corrected chi connectivity index (χ0v) is 27.9. The molecule has 0 bridgehead atoms. The van der Waals surface area contributed by atoms with E-state index in [4.69, 9.17) is 15.7 Å². The zero-order valence-electron chi connectivity index (χ0n) is 27.9. The summed E-state index contributed by atoms with van der Waals surface area (Å²) in [6.45, 7) is 5.44. The third-order valence-electron chi connectivity index (χ3n) is 8.58. The first-order valence-corrected chi connectivity index (χ1v) is 17.5. The molecule has 0 aliphatic heterocycles. The molecule has 4 nitrogen and oxygen atoms in total. The van der Waals surface area contributed by atoms with E-state index in [1.165, 1.54) is 43.2 Å². The van der Waals surface area contributed by atoms with E-state index in [2.05, 4.69) is 134 Å². The summed E-state index contributed by atoms with van der Waals surface area (Å²) >= 11 is 0. The van der Waals surface area contributed by atoms with Crippen molar-refractivity contribution in [3.8, 4) is 0 Å². The number of unbranched alkanes of at least 4 members (excludes halogenated alkanes) is 5. The number of nitrogens with one attached hydrogen (secondary N) is 1. The Morgan fingerprint density at radius 2 is 1.07 bits per heavy atom. The van der Waals surface area contributed by atoms with Gasteiger partial charge in [0.2, 0.25) is 0 Å². The first-order chi connectivity index (χ1) is 22.8. The molecule has 0 spiro atoms. The van der Waals surface area contributed by atoms with Crippen LogP contribution in [0.15, 0.2) is 131 Å². The molecule has 2 atom stereocenters. The van der Waals surface area contributed by atoms with Gasteiger partial charge in [0.05, 0.1) is 11.4 Å². The third kappa shape index (κ3) is 11.5. The monoisotopic (exact) mass is 614 g/mol. The highest BCUT2D eigenvalue weighted by atomic mass is 14.9. The molecular weight excluding hydrogens is 560 g/mol. The smallest absolute Gasteiger partial charge is 0.0904 e. The van der Waals surface area contributed by atoms with Crippen LogP contribution < -0.4 is 11.1 Å². The lowest BCUT2D eigenvalue weighted by molar-refractivity contribution is 0.406. The van der Waals surface area contributed by atoms with Gasteiger partial charge in [0, 0.05) is 36.2 Å². The molecule has 0 radical (unpaired) electrons. The third-order valence-corrected chi connectivity index (χ3v) is 8.58. The van der Waals surface area contributed by atoms with Gasteiger partial charge in [-0.15, -0.1) is 0 Å². The average Bonchev–Trinajstić information content (AvgIpc) is 3.12. The zero-order chi connectivity index (χ0) is 32.1. The van der Waals surface area contributed by atoms with Crippen LogP contribution in [0.3, 0.4) is 0 Å². The van der Waals surface area contributed by atoms with E-state index >= 15 is 0 Å². The molecule has 0 aliphatic carbocycles. The molecular formula is C42H54N4. The van der Waals surface area contributed by atoms with Gasteiger partial charge in [0.1, 0.15) is 0 Å². The summed E-state index contributed by atoms with van der Waals surface area (Å²) in [5.74, 6) is 0.437. The number of aliphatic imine (C=N–C) groups is 2. The Morgan fingerprint density at radius 1 is 0.565 bits per heavy atom. The van der Waals surface area contributed by atoms with Gasteiger partial charge in [-0.3, -0.25) is 9.98 Å². The predicted octanol–water partition coefficient (Wildman–Crippen LogP) is 9.57. The van der Waals surface area contributed by atoms with E-state index in [1.54, 1.807) is 0 Å². The summed E-state index contributed by atoms with van der Waals surface area (Å²) in [6.07, 6.45) is 10.3. The lowest BCUT2D eigenvalue weighted by atomic mass is 9.83. The average molecular weight is 615 g/mol. The van der Waals surface area contributed by atoms with Gasteiger partial charge in [0.25, 0.3) is 0 Å². The van der Waals surface area contributed by atoms with Crippen LogP contribution in [0.4, 0.5) is 0 Å². The van der Waals surface area contributed by atoms with E-state index in [-0.39, 0.29) is 6.04 Å². The highest BCUT2D eigenvalue weighted by molar-refractivity contribution is 6.53. The van der Waals surface area contributed by atoms with Crippen molar-refractivity contribution < 1.29 is 0 Å². The van der Waals surface area contributed by atoms with Gasteiger partial charge in [-0.25, -0.2) is 0 Å². The largest absolute Gasteiger partial charge is 0.330 e. The van der Waals surface area contributed by atoms with Crippen molar-refractivity contribution in [3.63, 3.8) is 0 Å². The van der Waals surface area contributed by atoms with Crippen LogP contribution in [0.1, 0.15) is 98.9 Å². The first kappa shape index (κ1) is 35.0. The second-order valence-electron chi connectivity index (χ2n) is 12.1. The van der Waals surface area contributed by atoms with Crippen molar-refractivity contribution in [3.05, 3.63) is 144 Å². The lowest BCUT2D eigenvalue weighted by Crippen LogP contribution is -2.28. The maximum Gasteiger partial charge on any atom is 0.0904 e. The molecule has 0 heterocycles. The van der Waals surface area contributed by atoms with Crippen LogP contribution in [-0.2, 0) is 0 Å². The molecule has 0 saturated heterocycles. The van der Waals surface area contributed by atoms with E-state index in [0.717, 1.165) is 67.9 Å². The fourth-order valence-electron chi connectivity index (χ4n) is 6.10. The molecule has 0 fully saturated rings. The summed E-state index contributed by atoms with van der Waals surface area (Å²) in [6, 6.07) is 43.4. The molecule has 0 aliphatic rings. The van der Waals surface area contributed by atoms with Crippen molar-refractivity contribution >= 4 is 11.4 Å². The van der Waals surface area contributed by atoms with Gasteiger partial charge >= 0.3 is 0 Å². The number of hydrogen-bond acceptors (Lipinski definition) is 4. The fraction of sp³-hybridized carbons (Fsp3) is 0.381. The predicted molar refractivity (Wildman–Crippen MR) is 198 cm³/mol. The topological polar surface area (TPSA) is 62.8 Å². The highest BCUT2D eigenvalue weighted by Gasteiger charge is 2.24. The lowest BCUT2D eigenvalue weighted by Gasteiger charge is -2.29. The maximum absolute atomic E-state index is 5.77. The Hall–Kier alpha value is -3.86. The van der Waals surface area contributed by atoms with Crippen molar-refractivity contribution in [2.75, 3.05) is 26.2 Å². The number of benzene rings is 4. The van der Waals surface area contributed by atoms with Gasteiger partial charge in [-0.2, -0.15) is 0 Å². The number of nitrogens with zero attached hydrogens (tertiary/aromatic N) is 2. The first-order valence-electron chi connectivity index (χ1n) is 17.5. The Kier molecular flexibility index (Phi) is 16.0. The Balaban J connectivity index is 1.47. The Labute approximate surface area is 278 Å². The molecule has 4 aromatic carbocycles. The molecule has 46 heavy (non-hydrogen) atoms. The van der Waals surface area contributed by atoms with Crippen LogP contribution in [0, 0.1) is 0 Å². The molecule has 0 saturated carbocycles. The quantitative estimate of drug-likeness (QED) is 0.0725.